The van der Waals surface area contributed by atoms with Crippen molar-refractivity contribution in [3.63, 3.8) is 0 Å². The van der Waals surface area contributed by atoms with Crippen molar-refractivity contribution in [2.24, 2.45) is 5.92 Å². The fraction of sp³-hybridized carbons (Fsp3) is 0.188. The summed E-state index contributed by atoms with van der Waals surface area (Å²) in [5.41, 5.74) is 4.27. The lowest BCUT2D eigenvalue weighted by atomic mass is 9.98. The highest BCUT2D eigenvalue weighted by Gasteiger charge is 2.37. The number of aliphatic carboxylic acids is 1. The molecule has 0 bridgehead atoms. The van der Waals surface area contributed by atoms with Gasteiger partial charge in [0.25, 0.3) is 0 Å². The molecule has 0 aromatic heterocycles. The van der Waals surface area contributed by atoms with Gasteiger partial charge in [-0.15, -0.1) is 0 Å². The first-order chi connectivity index (χ1) is 19.3. The molecule has 0 aliphatic heterocycles. The molecule has 8 heteroatoms. The molecule has 3 unspecified atom stereocenters. The van der Waals surface area contributed by atoms with Gasteiger partial charge in [0.05, 0.1) is 5.92 Å². The molecule has 4 rings (SSSR count). The number of hydrogen-bond acceptors (Lipinski definition) is 4. The summed E-state index contributed by atoms with van der Waals surface area (Å²) in [6.45, 7) is -0.00279. The topological polar surface area (TPSA) is 113 Å². The minimum absolute atomic E-state index is 0.00279. The number of carbonyl (C=O) groups is 2. The summed E-state index contributed by atoms with van der Waals surface area (Å²) in [4.78, 5) is 36.0. The Labute approximate surface area is 233 Å². The lowest BCUT2D eigenvalue weighted by Crippen LogP contribution is -2.38. The standard InChI is InChI=1S/C32H32NO6P/c34-31(35)29(20-25-16-18-28(19-17-25)27-14-8-3-9-15-27)23-40(37,38)30(21-24-10-4-1-5-11-24)33-32(36)39-22-26-12-6-2-7-13-26/h1-19,29-30H,20-23H2,(H,33,36)(H,34,35)(H,37,38). The van der Waals surface area contributed by atoms with E-state index in [1.54, 1.807) is 36.4 Å². The van der Waals surface area contributed by atoms with Crippen molar-refractivity contribution < 1.29 is 28.9 Å². The molecule has 0 fully saturated rings. The maximum atomic E-state index is 13.7. The maximum absolute atomic E-state index is 13.7. The van der Waals surface area contributed by atoms with Crippen molar-refractivity contribution >= 4 is 19.4 Å². The molecule has 4 aromatic carbocycles. The quantitative estimate of drug-likeness (QED) is 0.175. The van der Waals surface area contributed by atoms with Crippen LogP contribution in [0.3, 0.4) is 0 Å². The summed E-state index contributed by atoms with van der Waals surface area (Å²) >= 11 is 0. The van der Waals surface area contributed by atoms with Crippen molar-refractivity contribution in [1.29, 1.82) is 0 Å². The average Bonchev–Trinajstić information content (AvgIpc) is 2.97. The van der Waals surface area contributed by atoms with E-state index in [1.165, 1.54) is 0 Å². The minimum Gasteiger partial charge on any atom is -0.481 e. The molecular formula is C32H32NO6P. The molecule has 7 nitrogen and oxygen atoms in total. The smallest absolute Gasteiger partial charge is 0.408 e. The van der Waals surface area contributed by atoms with Gasteiger partial charge in [-0.3, -0.25) is 9.36 Å². The van der Waals surface area contributed by atoms with Crippen molar-refractivity contribution in [3.05, 3.63) is 132 Å². The number of alkyl carbamates (subject to hydrolysis) is 1. The highest BCUT2D eigenvalue weighted by molar-refractivity contribution is 7.58. The van der Waals surface area contributed by atoms with E-state index in [0.717, 1.165) is 27.8 Å². The molecule has 206 valence electrons. The second-order valence-electron chi connectivity index (χ2n) is 9.65. The lowest BCUT2D eigenvalue weighted by molar-refractivity contribution is -0.141. The number of ether oxygens (including phenoxy) is 1. The zero-order valence-electron chi connectivity index (χ0n) is 21.9. The Kier molecular flexibility index (Phi) is 9.90. The Morgan fingerprint density at radius 3 is 1.77 bits per heavy atom. The van der Waals surface area contributed by atoms with Crippen LogP contribution in [0.4, 0.5) is 4.79 Å². The molecule has 0 heterocycles. The fourth-order valence-electron chi connectivity index (χ4n) is 4.45. The summed E-state index contributed by atoms with van der Waals surface area (Å²) < 4.78 is 19.0. The van der Waals surface area contributed by atoms with Crippen molar-refractivity contribution in [2.75, 3.05) is 6.16 Å². The molecule has 0 saturated carbocycles. The van der Waals surface area contributed by atoms with Crippen LogP contribution >= 0.6 is 7.37 Å². The van der Waals surface area contributed by atoms with Gasteiger partial charge in [0.2, 0.25) is 7.37 Å². The second kappa shape index (κ2) is 13.7. The molecule has 0 radical (unpaired) electrons. The Morgan fingerprint density at radius 1 is 0.700 bits per heavy atom. The third kappa shape index (κ3) is 8.40. The first-order valence-electron chi connectivity index (χ1n) is 13.0. The summed E-state index contributed by atoms with van der Waals surface area (Å²) in [7, 11) is -4.21. The molecule has 40 heavy (non-hydrogen) atoms. The van der Waals surface area contributed by atoms with Gasteiger partial charge in [-0.1, -0.05) is 115 Å². The number of carbonyl (C=O) groups excluding carboxylic acids is 1. The van der Waals surface area contributed by atoms with E-state index >= 15 is 0 Å². The van der Waals surface area contributed by atoms with Gasteiger partial charge in [-0.05, 0) is 34.2 Å². The Balaban J connectivity index is 1.47. The van der Waals surface area contributed by atoms with Crippen LogP contribution in [0.2, 0.25) is 0 Å². The number of nitrogens with one attached hydrogen (secondary N) is 1. The van der Waals surface area contributed by atoms with Crippen LogP contribution in [0.15, 0.2) is 115 Å². The summed E-state index contributed by atoms with van der Waals surface area (Å²) in [6, 6.07) is 35.3. The predicted octanol–water partition coefficient (Wildman–Crippen LogP) is 6.36. The number of rotatable bonds is 12. The molecule has 0 spiro atoms. The van der Waals surface area contributed by atoms with Gasteiger partial charge in [0.15, 0.2) is 0 Å². The Hall–Kier alpha value is -4.19. The van der Waals surface area contributed by atoms with E-state index in [-0.39, 0.29) is 19.4 Å². The lowest BCUT2D eigenvalue weighted by Gasteiger charge is -2.26. The highest BCUT2D eigenvalue weighted by Crippen LogP contribution is 2.48. The first kappa shape index (κ1) is 28.8. The predicted molar refractivity (Wildman–Crippen MR) is 155 cm³/mol. The second-order valence-corrected chi connectivity index (χ2v) is 12.2. The molecule has 3 N–H and O–H groups in total. The van der Waals surface area contributed by atoms with Crippen LogP contribution in [-0.2, 0) is 33.5 Å². The molecular weight excluding hydrogens is 525 g/mol. The number of carboxylic acids is 1. The van der Waals surface area contributed by atoms with Crippen molar-refractivity contribution in [1.82, 2.24) is 5.32 Å². The molecule has 0 saturated heterocycles. The van der Waals surface area contributed by atoms with Crippen LogP contribution < -0.4 is 5.32 Å². The largest absolute Gasteiger partial charge is 0.481 e. The average molecular weight is 558 g/mol. The van der Waals surface area contributed by atoms with Crippen LogP contribution in [0.1, 0.15) is 16.7 Å². The molecule has 3 atom stereocenters. The normalized spacial score (nSPS) is 13.9. The third-order valence-electron chi connectivity index (χ3n) is 6.63. The number of amides is 1. The number of carboxylic acid groups (broad SMARTS) is 1. The molecule has 1 amide bonds. The van der Waals surface area contributed by atoms with Gasteiger partial charge in [0.1, 0.15) is 12.4 Å². The van der Waals surface area contributed by atoms with Crippen LogP contribution in [-0.4, -0.2) is 34.0 Å². The first-order valence-corrected chi connectivity index (χ1v) is 14.9. The van der Waals surface area contributed by atoms with Crippen molar-refractivity contribution in [2.45, 2.75) is 25.2 Å². The van der Waals surface area contributed by atoms with Gasteiger partial charge in [0, 0.05) is 12.6 Å². The third-order valence-corrected chi connectivity index (χ3v) is 8.88. The maximum Gasteiger partial charge on any atom is 0.408 e. The van der Waals surface area contributed by atoms with Gasteiger partial charge in [-0.2, -0.15) is 0 Å². The molecule has 0 aliphatic rings. The van der Waals surface area contributed by atoms with Gasteiger partial charge in [-0.25, -0.2) is 4.79 Å². The zero-order chi connectivity index (χ0) is 28.4. The van der Waals surface area contributed by atoms with Crippen LogP contribution in [0, 0.1) is 5.92 Å². The zero-order valence-corrected chi connectivity index (χ0v) is 22.8. The highest BCUT2D eigenvalue weighted by atomic mass is 31.2. The number of hydrogen-bond donors (Lipinski definition) is 3. The van der Waals surface area contributed by atoms with Gasteiger partial charge >= 0.3 is 12.1 Å². The fourth-order valence-corrected chi connectivity index (χ4v) is 6.43. The van der Waals surface area contributed by atoms with E-state index in [0.29, 0.717) is 0 Å². The molecule has 4 aromatic rings. The van der Waals surface area contributed by atoms with E-state index in [9.17, 15) is 24.2 Å². The summed E-state index contributed by atoms with van der Waals surface area (Å²) in [6.07, 6.45) is -1.22. The van der Waals surface area contributed by atoms with Crippen LogP contribution in [0.25, 0.3) is 11.1 Å². The van der Waals surface area contributed by atoms with E-state index in [1.807, 2.05) is 78.9 Å². The molecule has 0 aliphatic carbocycles. The van der Waals surface area contributed by atoms with Crippen LogP contribution in [0.5, 0.6) is 0 Å². The van der Waals surface area contributed by atoms with Crippen molar-refractivity contribution in [3.8, 4) is 11.1 Å². The Bertz CT molecular complexity index is 1430. The van der Waals surface area contributed by atoms with E-state index in [2.05, 4.69) is 5.32 Å². The van der Waals surface area contributed by atoms with Gasteiger partial charge < -0.3 is 20.1 Å². The number of benzene rings is 4. The Morgan fingerprint density at radius 2 is 1.20 bits per heavy atom. The van der Waals surface area contributed by atoms with E-state index in [4.69, 9.17) is 4.74 Å². The summed E-state index contributed by atoms with van der Waals surface area (Å²) in [5.74, 6) is -3.52. The van der Waals surface area contributed by atoms with E-state index < -0.39 is 37.3 Å². The summed E-state index contributed by atoms with van der Waals surface area (Å²) in [5, 5.41) is 12.5. The minimum atomic E-state index is -4.21. The monoisotopic (exact) mass is 557 g/mol. The SMILES string of the molecule is O=C(NC(Cc1ccccc1)P(=O)(O)CC(Cc1ccc(-c2ccccc2)cc1)C(=O)O)OCc1ccccc1.